The van der Waals surface area contributed by atoms with Crippen molar-refractivity contribution in [2.75, 3.05) is 5.32 Å². The van der Waals surface area contributed by atoms with E-state index in [4.69, 9.17) is 5.73 Å². The van der Waals surface area contributed by atoms with Gasteiger partial charge in [-0.15, -0.1) is 24.0 Å². The largest absolute Gasteiger partial charge is 0.370 e. The molecule has 3 rings (SSSR count). The molecule has 0 bridgehead atoms. The Balaban J connectivity index is 0.00000208. The van der Waals surface area contributed by atoms with Crippen LogP contribution in [-0.4, -0.2) is 15.7 Å². The van der Waals surface area contributed by atoms with Crippen LogP contribution in [0.25, 0.3) is 11.1 Å². The third-order valence-electron chi connectivity index (χ3n) is 3.44. The van der Waals surface area contributed by atoms with Gasteiger partial charge in [-0.1, -0.05) is 36.4 Å². The second-order valence-electron chi connectivity index (χ2n) is 5.30. The van der Waals surface area contributed by atoms with E-state index in [1.54, 1.807) is 4.68 Å². The fraction of sp³-hybridized carbons (Fsp3) is 0.111. The number of hydrogen-bond acceptors (Lipinski definition) is 2. The zero-order chi connectivity index (χ0) is 16.1. The maximum Gasteiger partial charge on any atom is 0.193 e. The lowest BCUT2D eigenvalue weighted by molar-refractivity contribution is 0.768. The Hall–Kier alpha value is -2.35. The minimum atomic E-state index is 0. The van der Waals surface area contributed by atoms with Crippen molar-refractivity contribution in [1.29, 1.82) is 0 Å². The highest BCUT2D eigenvalue weighted by atomic mass is 127. The predicted molar refractivity (Wildman–Crippen MR) is 109 cm³/mol. The summed E-state index contributed by atoms with van der Waals surface area (Å²) in [6.07, 6.45) is 3.85. The van der Waals surface area contributed by atoms with Gasteiger partial charge < -0.3 is 11.1 Å². The Labute approximate surface area is 158 Å². The summed E-state index contributed by atoms with van der Waals surface area (Å²) < 4.78 is 1.79. The fourth-order valence-corrected chi connectivity index (χ4v) is 2.30. The molecule has 0 saturated heterocycles. The number of nitrogens with zero attached hydrogens (tertiary/aromatic N) is 3. The molecule has 3 aromatic rings. The summed E-state index contributed by atoms with van der Waals surface area (Å²) in [4.78, 5) is 4.39. The number of aliphatic imine (C=N–C) groups is 1. The zero-order valence-electron chi connectivity index (χ0n) is 13.4. The number of anilines is 1. The van der Waals surface area contributed by atoms with Gasteiger partial charge in [0, 0.05) is 24.5 Å². The van der Waals surface area contributed by atoms with Crippen LogP contribution in [-0.2, 0) is 13.6 Å². The molecule has 0 aliphatic carbocycles. The lowest BCUT2D eigenvalue weighted by Crippen LogP contribution is -2.22. The number of hydrogen-bond donors (Lipinski definition) is 2. The molecule has 6 heteroatoms. The van der Waals surface area contributed by atoms with Gasteiger partial charge in [0.15, 0.2) is 5.96 Å². The van der Waals surface area contributed by atoms with Gasteiger partial charge in [0.2, 0.25) is 0 Å². The first-order valence-electron chi connectivity index (χ1n) is 7.41. The van der Waals surface area contributed by atoms with Crippen LogP contribution in [0.1, 0.15) is 5.56 Å². The normalized spacial score (nSPS) is 11.0. The van der Waals surface area contributed by atoms with Crippen molar-refractivity contribution in [2.45, 2.75) is 6.54 Å². The van der Waals surface area contributed by atoms with E-state index in [9.17, 15) is 0 Å². The first-order chi connectivity index (χ1) is 11.2. The van der Waals surface area contributed by atoms with Gasteiger partial charge in [0.25, 0.3) is 0 Å². The van der Waals surface area contributed by atoms with Crippen molar-refractivity contribution in [1.82, 2.24) is 9.78 Å². The van der Waals surface area contributed by atoms with Gasteiger partial charge >= 0.3 is 0 Å². The van der Waals surface area contributed by atoms with E-state index >= 15 is 0 Å². The van der Waals surface area contributed by atoms with Gasteiger partial charge in [0.05, 0.1) is 12.7 Å². The van der Waals surface area contributed by atoms with Crippen LogP contribution < -0.4 is 11.1 Å². The molecule has 0 aliphatic heterocycles. The summed E-state index contributed by atoms with van der Waals surface area (Å²) in [7, 11) is 1.91. The number of para-hydroxylation sites is 1. The van der Waals surface area contributed by atoms with Gasteiger partial charge in [-0.2, -0.15) is 5.10 Å². The minimum absolute atomic E-state index is 0. The topological polar surface area (TPSA) is 68.2 Å². The molecule has 5 nitrogen and oxygen atoms in total. The van der Waals surface area contributed by atoms with Crippen LogP contribution in [0.5, 0.6) is 0 Å². The highest BCUT2D eigenvalue weighted by Crippen LogP contribution is 2.19. The van der Waals surface area contributed by atoms with Crippen LogP contribution in [0.3, 0.4) is 0 Å². The third kappa shape index (κ3) is 4.82. The molecule has 0 aliphatic rings. The Morgan fingerprint density at radius 1 is 1.12 bits per heavy atom. The lowest BCUT2D eigenvalue weighted by atomic mass is 10.1. The van der Waals surface area contributed by atoms with Crippen molar-refractivity contribution < 1.29 is 0 Å². The van der Waals surface area contributed by atoms with Crippen molar-refractivity contribution in [3.05, 3.63) is 72.6 Å². The maximum atomic E-state index is 5.93. The SMILES string of the molecule is Cn1cc(-c2cccc(CN=C(N)Nc3ccccc3)c2)cn1.I. The zero-order valence-corrected chi connectivity index (χ0v) is 15.7. The molecule has 24 heavy (non-hydrogen) atoms. The highest BCUT2D eigenvalue weighted by molar-refractivity contribution is 14.0. The second kappa shape index (κ2) is 8.49. The molecule has 0 unspecified atom stereocenters. The Morgan fingerprint density at radius 2 is 1.92 bits per heavy atom. The third-order valence-corrected chi connectivity index (χ3v) is 3.44. The molecule has 0 atom stereocenters. The first kappa shape index (κ1) is 18.0. The number of rotatable bonds is 4. The van der Waals surface area contributed by atoms with Crippen molar-refractivity contribution in [2.24, 2.45) is 17.8 Å². The molecule has 1 aromatic heterocycles. The number of aryl methyl sites for hydroxylation is 1. The molecule has 0 spiro atoms. The Kier molecular flexibility index (Phi) is 6.36. The van der Waals surface area contributed by atoms with E-state index in [0.29, 0.717) is 12.5 Å². The van der Waals surface area contributed by atoms with E-state index in [1.807, 2.05) is 61.9 Å². The molecule has 0 saturated carbocycles. The van der Waals surface area contributed by atoms with Crippen LogP contribution in [0, 0.1) is 0 Å². The minimum Gasteiger partial charge on any atom is -0.370 e. The summed E-state index contributed by atoms with van der Waals surface area (Å²) >= 11 is 0. The fourth-order valence-electron chi connectivity index (χ4n) is 2.30. The summed E-state index contributed by atoms with van der Waals surface area (Å²) in [5, 5.41) is 7.28. The molecular weight excluding hydrogens is 413 g/mol. The molecule has 0 radical (unpaired) electrons. The van der Waals surface area contributed by atoms with E-state index in [1.165, 1.54) is 0 Å². The average molecular weight is 433 g/mol. The summed E-state index contributed by atoms with van der Waals surface area (Å²) in [5.41, 5.74) is 10.2. The first-order valence-corrected chi connectivity index (χ1v) is 7.41. The molecular formula is C18H20IN5. The van der Waals surface area contributed by atoms with Crippen LogP contribution in [0.15, 0.2) is 72.0 Å². The summed E-state index contributed by atoms with van der Waals surface area (Å²) in [6.45, 7) is 0.528. The quantitative estimate of drug-likeness (QED) is 0.375. The van der Waals surface area contributed by atoms with E-state index in [2.05, 4.69) is 27.5 Å². The molecule has 0 fully saturated rings. The summed E-state index contributed by atoms with van der Waals surface area (Å²) in [6, 6.07) is 18.0. The highest BCUT2D eigenvalue weighted by Gasteiger charge is 2.02. The number of aromatic nitrogens is 2. The molecule has 1 heterocycles. The number of guanidine groups is 1. The second-order valence-corrected chi connectivity index (χ2v) is 5.30. The summed E-state index contributed by atoms with van der Waals surface area (Å²) in [5.74, 6) is 0.406. The van der Waals surface area contributed by atoms with Crippen molar-refractivity contribution in [3.63, 3.8) is 0 Å². The van der Waals surface area contributed by atoms with Gasteiger partial charge in [-0.05, 0) is 29.3 Å². The smallest absolute Gasteiger partial charge is 0.193 e. The van der Waals surface area contributed by atoms with Crippen molar-refractivity contribution >= 4 is 35.6 Å². The lowest BCUT2D eigenvalue weighted by Gasteiger charge is -2.06. The standard InChI is InChI=1S/C18H19N5.HI/c1-23-13-16(12-21-23)15-7-5-6-14(10-15)11-20-18(19)22-17-8-3-2-4-9-17;/h2-10,12-13H,11H2,1H3,(H3,19,20,22);1H. The monoisotopic (exact) mass is 433 g/mol. The maximum absolute atomic E-state index is 5.93. The van der Waals surface area contributed by atoms with Crippen molar-refractivity contribution in [3.8, 4) is 11.1 Å². The van der Waals surface area contributed by atoms with Crippen LogP contribution >= 0.6 is 24.0 Å². The number of halogens is 1. The number of nitrogens with one attached hydrogen (secondary N) is 1. The van der Waals surface area contributed by atoms with E-state index < -0.39 is 0 Å². The Bertz CT molecular complexity index is 811. The van der Waals surface area contributed by atoms with E-state index in [0.717, 1.165) is 22.4 Å². The van der Waals surface area contributed by atoms with E-state index in [-0.39, 0.29) is 24.0 Å². The molecule has 124 valence electrons. The average Bonchev–Trinajstić information content (AvgIpc) is 3.01. The number of benzene rings is 2. The predicted octanol–water partition coefficient (Wildman–Crippen LogP) is 3.63. The number of nitrogens with two attached hydrogens (primary N) is 1. The van der Waals surface area contributed by atoms with Gasteiger partial charge in [-0.25, -0.2) is 4.99 Å². The molecule has 0 amide bonds. The van der Waals surface area contributed by atoms with Gasteiger partial charge in [0.1, 0.15) is 0 Å². The van der Waals surface area contributed by atoms with Crippen LogP contribution in [0.4, 0.5) is 5.69 Å². The van der Waals surface area contributed by atoms with Gasteiger partial charge in [-0.3, -0.25) is 4.68 Å². The molecule has 3 N–H and O–H groups in total. The van der Waals surface area contributed by atoms with Crippen LogP contribution in [0.2, 0.25) is 0 Å². The molecule has 2 aromatic carbocycles. The Morgan fingerprint density at radius 3 is 2.62 bits per heavy atom.